The van der Waals surface area contributed by atoms with E-state index in [0.717, 1.165) is 25.7 Å². The largest absolute Gasteiger partial charge is 0.465 e. The molecule has 1 aromatic carbocycles. The van der Waals surface area contributed by atoms with Crippen molar-refractivity contribution in [3.8, 4) is 5.75 Å². The van der Waals surface area contributed by atoms with Crippen molar-refractivity contribution in [3.63, 3.8) is 0 Å². The summed E-state index contributed by atoms with van der Waals surface area (Å²) < 4.78 is 11.1. The first-order chi connectivity index (χ1) is 15.6. The number of hydrogen-bond acceptors (Lipinski definition) is 5. The maximum Gasteiger partial charge on any atom is 0.341 e. The summed E-state index contributed by atoms with van der Waals surface area (Å²) in [5, 5.41) is 3.00. The number of ether oxygens (including phenoxy) is 2. The van der Waals surface area contributed by atoms with Gasteiger partial charge < -0.3 is 14.8 Å². The fourth-order valence-corrected chi connectivity index (χ4v) is 4.41. The molecule has 0 radical (unpaired) electrons. The minimum Gasteiger partial charge on any atom is -0.465 e. The van der Waals surface area contributed by atoms with Gasteiger partial charge in [-0.25, -0.2) is 9.79 Å². The normalized spacial score (nSPS) is 21.7. The molecule has 2 atom stereocenters. The second-order valence-electron chi connectivity index (χ2n) is 9.82. The van der Waals surface area contributed by atoms with E-state index in [0.29, 0.717) is 30.2 Å². The van der Waals surface area contributed by atoms with Crippen LogP contribution in [0.25, 0.3) is 0 Å². The molecule has 1 fully saturated rings. The SMILES string of the molecule is CCC1=NC(=O)NC(c2ccc(OC(=O)C(C)(C)C)c(Cl)c2)C1C(=O)OCC1CCCCC1. The Balaban J connectivity index is 1.81. The first kappa shape index (κ1) is 25.2. The average molecular weight is 477 g/mol. The molecule has 0 spiro atoms. The highest BCUT2D eigenvalue weighted by atomic mass is 35.5. The predicted molar refractivity (Wildman–Crippen MR) is 127 cm³/mol. The highest BCUT2D eigenvalue weighted by Crippen LogP contribution is 2.35. The quantitative estimate of drug-likeness (QED) is 0.423. The van der Waals surface area contributed by atoms with Gasteiger partial charge in [0.1, 0.15) is 11.7 Å². The van der Waals surface area contributed by atoms with Crippen LogP contribution in [0.1, 0.15) is 77.8 Å². The molecule has 1 N–H and O–H groups in total. The van der Waals surface area contributed by atoms with E-state index in [4.69, 9.17) is 21.1 Å². The van der Waals surface area contributed by atoms with Crippen LogP contribution < -0.4 is 10.1 Å². The number of benzene rings is 1. The van der Waals surface area contributed by atoms with Gasteiger partial charge in [-0.2, -0.15) is 0 Å². The summed E-state index contributed by atoms with van der Waals surface area (Å²) in [6.45, 7) is 7.51. The van der Waals surface area contributed by atoms with Gasteiger partial charge in [-0.3, -0.25) is 9.59 Å². The standard InChI is InChI=1S/C25H33ClN2O5/c1-5-18-20(22(29)32-14-15-9-7-6-8-10-15)21(28-24(31)27-18)16-11-12-19(17(26)13-16)33-23(30)25(2,3)4/h11-13,15,20-21H,5-10,14H2,1-4H3,(H,28,31). The second-order valence-corrected chi connectivity index (χ2v) is 10.2. The van der Waals surface area contributed by atoms with Crippen molar-refractivity contribution in [1.29, 1.82) is 0 Å². The molecule has 1 aromatic rings. The van der Waals surface area contributed by atoms with Gasteiger partial charge in [-0.05, 0) is 63.6 Å². The van der Waals surface area contributed by atoms with Gasteiger partial charge in [0.2, 0.25) is 0 Å². The molecule has 2 aliphatic rings. The van der Waals surface area contributed by atoms with Crippen LogP contribution in [0.3, 0.4) is 0 Å². The van der Waals surface area contributed by atoms with E-state index in [2.05, 4.69) is 10.3 Å². The van der Waals surface area contributed by atoms with E-state index in [9.17, 15) is 14.4 Å². The van der Waals surface area contributed by atoms with E-state index in [1.165, 1.54) is 6.42 Å². The van der Waals surface area contributed by atoms with Crippen LogP contribution in [-0.4, -0.2) is 30.3 Å². The van der Waals surface area contributed by atoms with Crippen molar-refractivity contribution >= 4 is 35.3 Å². The maximum absolute atomic E-state index is 13.2. The summed E-state index contributed by atoms with van der Waals surface area (Å²) in [6, 6.07) is 3.70. The van der Waals surface area contributed by atoms with Crippen LogP contribution in [0.4, 0.5) is 4.79 Å². The van der Waals surface area contributed by atoms with Gasteiger partial charge in [0, 0.05) is 5.71 Å². The first-order valence-electron chi connectivity index (χ1n) is 11.7. The third-order valence-corrected chi connectivity index (χ3v) is 6.44. The topological polar surface area (TPSA) is 94.1 Å². The molecule has 2 unspecified atom stereocenters. The van der Waals surface area contributed by atoms with Crippen LogP contribution in [0, 0.1) is 17.3 Å². The third kappa shape index (κ3) is 6.34. The molecule has 1 saturated carbocycles. The highest BCUT2D eigenvalue weighted by molar-refractivity contribution is 6.32. The van der Waals surface area contributed by atoms with Crippen LogP contribution in [-0.2, 0) is 14.3 Å². The van der Waals surface area contributed by atoms with Crippen LogP contribution >= 0.6 is 11.6 Å². The number of carbonyl (C=O) groups excluding carboxylic acids is 3. The summed E-state index contributed by atoms with van der Waals surface area (Å²) in [7, 11) is 0. The van der Waals surface area contributed by atoms with Crippen molar-refractivity contribution in [2.45, 2.75) is 72.3 Å². The Hall–Kier alpha value is -2.41. The minimum atomic E-state index is -0.740. The molecule has 7 nitrogen and oxygen atoms in total. The Morgan fingerprint density at radius 3 is 2.48 bits per heavy atom. The van der Waals surface area contributed by atoms with Crippen molar-refractivity contribution in [1.82, 2.24) is 5.32 Å². The number of esters is 2. The molecule has 180 valence electrons. The molecule has 0 aromatic heterocycles. The summed E-state index contributed by atoms with van der Waals surface area (Å²) in [6.07, 6.45) is 6.14. The van der Waals surface area contributed by atoms with E-state index in [1.807, 2.05) is 6.92 Å². The van der Waals surface area contributed by atoms with E-state index in [1.54, 1.807) is 39.0 Å². The molecule has 3 rings (SSSR count). The monoisotopic (exact) mass is 476 g/mol. The van der Waals surface area contributed by atoms with Crippen LogP contribution in [0.2, 0.25) is 5.02 Å². The molecular weight excluding hydrogens is 444 g/mol. The van der Waals surface area contributed by atoms with Gasteiger partial charge >= 0.3 is 18.0 Å². The number of amides is 2. The molecule has 0 bridgehead atoms. The van der Waals surface area contributed by atoms with Crippen molar-refractivity contribution in [2.24, 2.45) is 22.2 Å². The Bertz CT molecular complexity index is 931. The third-order valence-electron chi connectivity index (χ3n) is 6.15. The molecule has 1 aliphatic heterocycles. The highest BCUT2D eigenvalue weighted by Gasteiger charge is 2.39. The molecule has 2 amide bonds. The number of nitrogens with one attached hydrogen (secondary N) is 1. The lowest BCUT2D eigenvalue weighted by molar-refractivity contribution is -0.148. The lowest BCUT2D eigenvalue weighted by Gasteiger charge is -2.31. The van der Waals surface area contributed by atoms with E-state index >= 15 is 0 Å². The number of rotatable bonds is 6. The number of urea groups is 1. The molecule has 1 aliphatic carbocycles. The second kappa shape index (κ2) is 10.7. The van der Waals surface area contributed by atoms with Crippen molar-refractivity contribution in [2.75, 3.05) is 6.61 Å². The predicted octanol–water partition coefficient (Wildman–Crippen LogP) is 5.65. The molecule has 33 heavy (non-hydrogen) atoms. The Morgan fingerprint density at radius 1 is 1.18 bits per heavy atom. The number of hydrogen-bond donors (Lipinski definition) is 1. The zero-order valence-electron chi connectivity index (χ0n) is 19.8. The Morgan fingerprint density at radius 2 is 1.88 bits per heavy atom. The first-order valence-corrected chi connectivity index (χ1v) is 12.0. The zero-order chi connectivity index (χ0) is 24.2. The van der Waals surface area contributed by atoms with Gasteiger partial charge in [0.25, 0.3) is 0 Å². The summed E-state index contributed by atoms with van der Waals surface area (Å²) >= 11 is 6.40. The maximum atomic E-state index is 13.2. The van der Waals surface area contributed by atoms with Crippen LogP contribution in [0.15, 0.2) is 23.2 Å². The molecule has 8 heteroatoms. The fourth-order valence-electron chi connectivity index (χ4n) is 4.18. The van der Waals surface area contributed by atoms with Gasteiger partial charge in [-0.1, -0.05) is 43.9 Å². The number of carbonyl (C=O) groups is 3. The number of aliphatic imine (C=N–C) groups is 1. The minimum absolute atomic E-state index is 0.217. The lowest BCUT2D eigenvalue weighted by atomic mass is 9.86. The van der Waals surface area contributed by atoms with Gasteiger partial charge in [-0.15, -0.1) is 0 Å². The molecule has 0 saturated heterocycles. The number of nitrogens with zero attached hydrogens (tertiary/aromatic N) is 1. The lowest BCUT2D eigenvalue weighted by Crippen LogP contribution is -2.45. The smallest absolute Gasteiger partial charge is 0.341 e. The van der Waals surface area contributed by atoms with E-state index in [-0.39, 0.29) is 10.8 Å². The fraction of sp³-hybridized carbons (Fsp3) is 0.600. The number of halogens is 1. The van der Waals surface area contributed by atoms with E-state index < -0.39 is 35.3 Å². The zero-order valence-corrected chi connectivity index (χ0v) is 20.5. The molecular formula is C25H33ClN2O5. The Kier molecular flexibility index (Phi) is 8.16. The van der Waals surface area contributed by atoms with Gasteiger partial charge in [0.15, 0.2) is 0 Å². The van der Waals surface area contributed by atoms with Gasteiger partial charge in [0.05, 0.1) is 23.1 Å². The van der Waals surface area contributed by atoms with Crippen molar-refractivity contribution in [3.05, 3.63) is 28.8 Å². The average Bonchev–Trinajstić information content (AvgIpc) is 2.78. The summed E-state index contributed by atoms with van der Waals surface area (Å²) in [5.41, 5.74) is 0.417. The molecule has 1 heterocycles. The summed E-state index contributed by atoms with van der Waals surface area (Å²) in [4.78, 5) is 41.7. The van der Waals surface area contributed by atoms with Crippen molar-refractivity contribution < 1.29 is 23.9 Å². The summed E-state index contributed by atoms with van der Waals surface area (Å²) in [5.74, 6) is -0.940. The van der Waals surface area contributed by atoms with Crippen LogP contribution in [0.5, 0.6) is 5.75 Å². The Labute approximate surface area is 200 Å².